The van der Waals surface area contributed by atoms with E-state index >= 15 is 0 Å². The highest BCUT2D eigenvalue weighted by Crippen LogP contribution is 2.32. The minimum absolute atomic E-state index is 0.0454. The zero-order valence-electron chi connectivity index (χ0n) is 16.1. The van der Waals surface area contributed by atoms with Crippen LogP contribution in [0.5, 0.6) is 0 Å². The lowest BCUT2D eigenvalue weighted by Crippen LogP contribution is -2.44. The van der Waals surface area contributed by atoms with Crippen molar-refractivity contribution in [1.82, 2.24) is 9.88 Å². The van der Waals surface area contributed by atoms with Crippen LogP contribution < -0.4 is 4.90 Å². The molecule has 2 amide bonds. The Hall–Kier alpha value is -3.25. The molecule has 1 N–H and O–H groups in total. The van der Waals surface area contributed by atoms with E-state index in [1.807, 2.05) is 12.1 Å². The standard InChI is InChI=1S/C23H21N3O3/c1-14(27)15-6-8-16(9-7-15)26-22(28)12-21(23(26)29)25-11-10-18-17-4-2-3-5-19(17)24-20(18)13-25/h2-9,21,24H,10-13H2,1H3/t21-/m0/s1. The van der Waals surface area contributed by atoms with Gasteiger partial charge >= 0.3 is 0 Å². The molecule has 146 valence electrons. The molecule has 1 saturated heterocycles. The Balaban J connectivity index is 1.39. The summed E-state index contributed by atoms with van der Waals surface area (Å²) < 4.78 is 0. The van der Waals surface area contributed by atoms with Crippen molar-refractivity contribution in [2.75, 3.05) is 11.4 Å². The first-order chi connectivity index (χ1) is 14.0. The van der Waals surface area contributed by atoms with Crippen LogP contribution in [0.15, 0.2) is 48.5 Å². The smallest absolute Gasteiger partial charge is 0.251 e. The Morgan fingerprint density at radius 2 is 1.83 bits per heavy atom. The zero-order chi connectivity index (χ0) is 20.1. The topological polar surface area (TPSA) is 73.5 Å². The van der Waals surface area contributed by atoms with E-state index in [2.05, 4.69) is 22.0 Å². The fourth-order valence-electron chi connectivity index (χ4n) is 4.50. The van der Waals surface area contributed by atoms with Gasteiger partial charge in [-0.3, -0.25) is 19.3 Å². The number of carbonyl (C=O) groups excluding carboxylic acids is 3. The Kier molecular flexibility index (Phi) is 4.10. The largest absolute Gasteiger partial charge is 0.357 e. The van der Waals surface area contributed by atoms with E-state index in [4.69, 9.17) is 0 Å². The summed E-state index contributed by atoms with van der Waals surface area (Å²) >= 11 is 0. The van der Waals surface area contributed by atoms with Crippen LogP contribution >= 0.6 is 0 Å². The van der Waals surface area contributed by atoms with Crippen molar-refractivity contribution in [1.29, 1.82) is 0 Å². The average Bonchev–Trinajstić information content (AvgIpc) is 3.24. The highest BCUT2D eigenvalue weighted by Gasteiger charge is 2.43. The molecule has 3 aromatic rings. The van der Waals surface area contributed by atoms with Gasteiger partial charge in [0.25, 0.3) is 5.91 Å². The second kappa shape index (κ2) is 6.67. The predicted octanol–water partition coefficient (Wildman–Crippen LogP) is 3.06. The van der Waals surface area contributed by atoms with Crippen molar-refractivity contribution in [2.24, 2.45) is 0 Å². The third-order valence-corrected chi connectivity index (χ3v) is 6.01. The first-order valence-electron chi connectivity index (χ1n) is 9.83. The van der Waals surface area contributed by atoms with Gasteiger partial charge in [0, 0.05) is 35.2 Å². The summed E-state index contributed by atoms with van der Waals surface area (Å²) in [6, 6.07) is 14.4. The molecule has 0 aliphatic carbocycles. The number of carbonyl (C=O) groups is 3. The van der Waals surface area contributed by atoms with Crippen LogP contribution in [0, 0.1) is 0 Å². The minimum atomic E-state index is -0.449. The molecule has 2 aromatic carbocycles. The number of H-pyrrole nitrogens is 1. The molecule has 5 rings (SSSR count). The van der Waals surface area contributed by atoms with Gasteiger partial charge in [-0.2, -0.15) is 0 Å². The summed E-state index contributed by atoms with van der Waals surface area (Å²) in [6.07, 6.45) is 1.04. The Morgan fingerprint density at radius 1 is 1.07 bits per heavy atom. The number of benzene rings is 2. The number of nitrogens with zero attached hydrogens (tertiary/aromatic N) is 2. The van der Waals surface area contributed by atoms with Crippen molar-refractivity contribution in [3.05, 3.63) is 65.4 Å². The number of nitrogens with one attached hydrogen (secondary N) is 1. The lowest BCUT2D eigenvalue weighted by molar-refractivity contribution is -0.123. The summed E-state index contributed by atoms with van der Waals surface area (Å²) in [5.41, 5.74) is 4.63. The van der Waals surface area contributed by atoms with E-state index < -0.39 is 6.04 Å². The summed E-state index contributed by atoms with van der Waals surface area (Å²) in [5.74, 6) is -0.431. The quantitative estimate of drug-likeness (QED) is 0.554. The van der Waals surface area contributed by atoms with E-state index in [9.17, 15) is 14.4 Å². The number of aromatic nitrogens is 1. The number of hydrogen-bond acceptors (Lipinski definition) is 4. The molecule has 6 heteroatoms. The summed E-state index contributed by atoms with van der Waals surface area (Å²) in [4.78, 5) is 44.1. The second-order valence-corrected chi connectivity index (χ2v) is 7.74. The number of ketones is 1. The van der Waals surface area contributed by atoms with E-state index in [0.717, 1.165) is 24.2 Å². The van der Waals surface area contributed by atoms with Crippen LogP contribution in [0.4, 0.5) is 5.69 Å². The molecule has 1 fully saturated rings. The summed E-state index contributed by atoms with van der Waals surface area (Å²) in [6.45, 7) is 2.87. The maximum atomic E-state index is 13.1. The SMILES string of the molecule is CC(=O)c1ccc(N2C(=O)C[C@H](N3CCc4c([nH]c5ccccc45)C3)C2=O)cc1. The number of anilines is 1. The normalized spacial score (nSPS) is 19.8. The van der Waals surface area contributed by atoms with Gasteiger partial charge in [0.15, 0.2) is 5.78 Å². The first kappa shape index (κ1) is 17.8. The summed E-state index contributed by atoms with van der Waals surface area (Å²) in [7, 11) is 0. The molecule has 2 aliphatic heterocycles. The van der Waals surface area contributed by atoms with Gasteiger partial charge in [-0.15, -0.1) is 0 Å². The van der Waals surface area contributed by atoms with Crippen LogP contribution in [0.3, 0.4) is 0 Å². The lowest BCUT2D eigenvalue weighted by Gasteiger charge is -2.30. The number of amides is 2. The molecule has 6 nitrogen and oxygen atoms in total. The van der Waals surface area contributed by atoms with Crippen molar-refractivity contribution < 1.29 is 14.4 Å². The molecule has 0 radical (unpaired) electrons. The number of imide groups is 1. The fraction of sp³-hybridized carbons (Fsp3) is 0.261. The highest BCUT2D eigenvalue weighted by atomic mass is 16.2. The Morgan fingerprint density at radius 3 is 2.59 bits per heavy atom. The number of hydrogen-bond donors (Lipinski definition) is 1. The van der Waals surface area contributed by atoms with Crippen LogP contribution in [-0.4, -0.2) is 40.1 Å². The number of Topliss-reactive ketones (excluding diaryl/α,β-unsaturated/α-hetero) is 1. The van der Waals surface area contributed by atoms with Crippen molar-refractivity contribution >= 4 is 34.2 Å². The lowest BCUT2D eigenvalue weighted by atomic mass is 10.0. The van der Waals surface area contributed by atoms with Gasteiger partial charge in [-0.05, 0) is 49.2 Å². The molecule has 1 aromatic heterocycles. The van der Waals surface area contributed by atoms with Crippen LogP contribution in [0.1, 0.15) is 35.0 Å². The number of para-hydroxylation sites is 1. The molecular weight excluding hydrogens is 366 g/mol. The van der Waals surface area contributed by atoms with E-state index in [0.29, 0.717) is 17.8 Å². The van der Waals surface area contributed by atoms with E-state index in [-0.39, 0.29) is 24.0 Å². The van der Waals surface area contributed by atoms with Crippen molar-refractivity contribution in [3.63, 3.8) is 0 Å². The molecule has 0 bridgehead atoms. The van der Waals surface area contributed by atoms with Gasteiger partial charge in [0.05, 0.1) is 18.2 Å². The number of rotatable bonds is 3. The first-order valence-corrected chi connectivity index (χ1v) is 9.83. The minimum Gasteiger partial charge on any atom is -0.357 e. The van der Waals surface area contributed by atoms with Gasteiger partial charge in [0.2, 0.25) is 5.91 Å². The third kappa shape index (κ3) is 2.87. The molecule has 0 saturated carbocycles. The molecule has 2 aliphatic rings. The molecule has 29 heavy (non-hydrogen) atoms. The molecule has 0 spiro atoms. The second-order valence-electron chi connectivity index (χ2n) is 7.74. The average molecular weight is 387 g/mol. The monoisotopic (exact) mass is 387 g/mol. The number of aromatic amines is 1. The van der Waals surface area contributed by atoms with Crippen molar-refractivity contribution in [3.8, 4) is 0 Å². The predicted molar refractivity (Wildman–Crippen MR) is 110 cm³/mol. The van der Waals surface area contributed by atoms with Gasteiger partial charge in [-0.1, -0.05) is 18.2 Å². The maximum Gasteiger partial charge on any atom is 0.251 e. The Bertz CT molecular complexity index is 1150. The highest BCUT2D eigenvalue weighted by molar-refractivity contribution is 6.22. The molecule has 1 atom stereocenters. The van der Waals surface area contributed by atoms with Crippen LogP contribution in [0.25, 0.3) is 10.9 Å². The van der Waals surface area contributed by atoms with Gasteiger partial charge in [-0.25, -0.2) is 4.90 Å². The van der Waals surface area contributed by atoms with Crippen LogP contribution in [0.2, 0.25) is 0 Å². The molecule has 0 unspecified atom stereocenters. The van der Waals surface area contributed by atoms with Crippen LogP contribution in [-0.2, 0) is 22.6 Å². The molecule has 3 heterocycles. The third-order valence-electron chi connectivity index (χ3n) is 6.01. The molecular formula is C23H21N3O3. The maximum absolute atomic E-state index is 13.1. The van der Waals surface area contributed by atoms with E-state index in [1.54, 1.807) is 24.3 Å². The summed E-state index contributed by atoms with van der Waals surface area (Å²) in [5, 5.41) is 1.24. The van der Waals surface area contributed by atoms with Gasteiger partial charge < -0.3 is 4.98 Å². The fourth-order valence-corrected chi connectivity index (χ4v) is 4.50. The Labute approximate surface area is 168 Å². The van der Waals surface area contributed by atoms with Crippen molar-refractivity contribution in [2.45, 2.75) is 32.4 Å². The van der Waals surface area contributed by atoms with Gasteiger partial charge in [0.1, 0.15) is 0 Å². The van der Waals surface area contributed by atoms with E-state index in [1.165, 1.54) is 22.8 Å². The zero-order valence-corrected chi connectivity index (χ0v) is 16.1. The number of fused-ring (bicyclic) bond motifs is 3.